The number of halogens is 1. The van der Waals surface area contributed by atoms with E-state index < -0.39 is 0 Å². The van der Waals surface area contributed by atoms with Gasteiger partial charge in [0.05, 0.1) is 24.0 Å². The van der Waals surface area contributed by atoms with E-state index in [4.69, 9.17) is 16.3 Å². The Morgan fingerprint density at radius 1 is 1.21 bits per heavy atom. The number of ketones is 1. The van der Waals surface area contributed by atoms with E-state index in [9.17, 15) is 4.79 Å². The highest BCUT2D eigenvalue weighted by Gasteiger charge is 2.14. The molecule has 33 heavy (non-hydrogen) atoms. The fourth-order valence-electron chi connectivity index (χ4n) is 3.98. The number of allylic oxidation sites excluding steroid dienone is 1. The van der Waals surface area contributed by atoms with Crippen LogP contribution in [0.25, 0.3) is 11.3 Å². The molecule has 0 bridgehead atoms. The molecule has 0 unspecified atom stereocenters. The Labute approximate surface area is 199 Å². The SMILES string of the molecule is C=CC(=O)Cc1cc(OC)cc(-c2nc(Nc3cccc(N4CCCCC4)c3)ncc2Cl)c1. The number of aromatic nitrogens is 2. The third-order valence-corrected chi connectivity index (χ3v) is 5.93. The van der Waals surface area contributed by atoms with Crippen LogP contribution < -0.4 is 15.0 Å². The zero-order valence-corrected chi connectivity index (χ0v) is 19.4. The van der Waals surface area contributed by atoms with Gasteiger partial charge in [0.15, 0.2) is 5.78 Å². The van der Waals surface area contributed by atoms with E-state index in [2.05, 4.69) is 38.9 Å². The van der Waals surface area contributed by atoms with Crippen molar-refractivity contribution in [2.24, 2.45) is 0 Å². The Balaban J connectivity index is 1.62. The summed E-state index contributed by atoms with van der Waals surface area (Å²) in [4.78, 5) is 23.3. The Bertz CT molecular complexity index is 1160. The maximum Gasteiger partial charge on any atom is 0.227 e. The number of anilines is 3. The van der Waals surface area contributed by atoms with Crippen molar-refractivity contribution in [2.75, 3.05) is 30.4 Å². The minimum Gasteiger partial charge on any atom is -0.497 e. The van der Waals surface area contributed by atoms with Gasteiger partial charge in [0.1, 0.15) is 5.75 Å². The normalized spacial score (nSPS) is 13.5. The van der Waals surface area contributed by atoms with Crippen molar-refractivity contribution in [2.45, 2.75) is 25.7 Å². The summed E-state index contributed by atoms with van der Waals surface area (Å²) in [5, 5.41) is 3.71. The number of hydrogen-bond acceptors (Lipinski definition) is 6. The summed E-state index contributed by atoms with van der Waals surface area (Å²) in [6.45, 7) is 5.71. The molecule has 1 fully saturated rings. The van der Waals surface area contributed by atoms with Crippen LogP contribution in [0.2, 0.25) is 5.02 Å². The van der Waals surface area contributed by atoms with Crippen LogP contribution in [0, 0.1) is 0 Å². The average Bonchev–Trinajstić information content (AvgIpc) is 2.85. The quantitative estimate of drug-likeness (QED) is 0.424. The minimum absolute atomic E-state index is 0.0704. The zero-order valence-electron chi connectivity index (χ0n) is 18.7. The number of methoxy groups -OCH3 is 1. The number of ether oxygens (including phenoxy) is 1. The number of benzene rings is 2. The number of nitrogens with zero attached hydrogens (tertiary/aromatic N) is 3. The predicted octanol–water partition coefficient (Wildman–Crippen LogP) is 5.84. The van der Waals surface area contributed by atoms with Gasteiger partial charge in [0, 0.05) is 36.4 Å². The Morgan fingerprint density at radius 3 is 2.79 bits per heavy atom. The lowest BCUT2D eigenvalue weighted by Gasteiger charge is -2.29. The molecule has 4 rings (SSSR count). The van der Waals surface area contributed by atoms with Crippen LogP contribution in [0.15, 0.2) is 61.3 Å². The van der Waals surface area contributed by atoms with E-state index in [1.807, 2.05) is 30.3 Å². The number of carbonyl (C=O) groups excluding carboxylic acids is 1. The molecule has 7 heteroatoms. The van der Waals surface area contributed by atoms with Gasteiger partial charge in [0.25, 0.3) is 0 Å². The summed E-state index contributed by atoms with van der Waals surface area (Å²) in [7, 11) is 1.59. The largest absolute Gasteiger partial charge is 0.497 e. The predicted molar refractivity (Wildman–Crippen MR) is 134 cm³/mol. The van der Waals surface area contributed by atoms with Crippen LogP contribution in [0.5, 0.6) is 5.75 Å². The fraction of sp³-hybridized carbons (Fsp3) is 0.269. The summed E-state index contributed by atoms with van der Waals surface area (Å²) in [5.74, 6) is 0.994. The van der Waals surface area contributed by atoms with Crippen LogP contribution in [0.4, 0.5) is 17.3 Å². The first-order valence-electron chi connectivity index (χ1n) is 11.0. The van der Waals surface area contributed by atoms with Crippen molar-refractivity contribution in [1.82, 2.24) is 9.97 Å². The monoisotopic (exact) mass is 462 g/mol. The Kier molecular flexibility index (Phi) is 7.25. The fourth-order valence-corrected chi connectivity index (χ4v) is 4.18. The van der Waals surface area contributed by atoms with Crippen molar-refractivity contribution in [3.05, 3.63) is 71.9 Å². The highest BCUT2D eigenvalue weighted by atomic mass is 35.5. The first-order chi connectivity index (χ1) is 16.1. The lowest BCUT2D eigenvalue weighted by molar-refractivity contribution is -0.114. The smallest absolute Gasteiger partial charge is 0.227 e. The number of rotatable bonds is 8. The van der Waals surface area contributed by atoms with E-state index >= 15 is 0 Å². The summed E-state index contributed by atoms with van der Waals surface area (Å²) < 4.78 is 5.42. The summed E-state index contributed by atoms with van der Waals surface area (Å²) in [6.07, 6.45) is 6.87. The maximum atomic E-state index is 11.9. The van der Waals surface area contributed by atoms with Gasteiger partial charge in [-0.2, -0.15) is 0 Å². The maximum absolute atomic E-state index is 11.9. The molecule has 0 atom stereocenters. The Hall–Kier alpha value is -3.38. The van der Waals surface area contributed by atoms with Crippen molar-refractivity contribution in [3.8, 4) is 17.0 Å². The molecule has 170 valence electrons. The average molecular weight is 463 g/mol. The van der Waals surface area contributed by atoms with Crippen LogP contribution >= 0.6 is 11.6 Å². The number of piperidine rings is 1. The van der Waals surface area contributed by atoms with E-state index in [1.165, 1.54) is 31.0 Å². The topological polar surface area (TPSA) is 67.3 Å². The van der Waals surface area contributed by atoms with Gasteiger partial charge in [-0.3, -0.25) is 4.79 Å². The van der Waals surface area contributed by atoms with E-state index in [-0.39, 0.29) is 12.2 Å². The second-order valence-electron chi connectivity index (χ2n) is 8.03. The molecule has 1 N–H and O–H groups in total. The van der Waals surface area contributed by atoms with Gasteiger partial charge in [0.2, 0.25) is 5.95 Å². The third kappa shape index (κ3) is 5.71. The molecule has 0 amide bonds. The zero-order chi connectivity index (χ0) is 23.2. The molecular weight excluding hydrogens is 436 g/mol. The molecular formula is C26H27ClN4O2. The highest BCUT2D eigenvalue weighted by Crippen LogP contribution is 2.31. The number of nitrogens with one attached hydrogen (secondary N) is 1. The number of carbonyl (C=O) groups is 1. The summed E-state index contributed by atoms with van der Waals surface area (Å²) in [5.41, 5.74) is 4.21. The van der Waals surface area contributed by atoms with E-state index in [0.29, 0.717) is 22.4 Å². The molecule has 0 radical (unpaired) electrons. The van der Waals surface area contributed by atoms with Gasteiger partial charge in [-0.1, -0.05) is 24.2 Å². The van der Waals surface area contributed by atoms with Crippen LogP contribution in [0.1, 0.15) is 24.8 Å². The van der Waals surface area contributed by atoms with Crippen molar-refractivity contribution in [3.63, 3.8) is 0 Å². The molecule has 1 aliphatic rings. The molecule has 2 heterocycles. The minimum atomic E-state index is -0.0704. The third-order valence-electron chi connectivity index (χ3n) is 5.65. The molecule has 6 nitrogen and oxygen atoms in total. The molecule has 0 aliphatic carbocycles. The van der Waals surface area contributed by atoms with Crippen molar-refractivity contribution >= 4 is 34.7 Å². The van der Waals surface area contributed by atoms with E-state index in [1.54, 1.807) is 13.3 Å². The van der Waals surface area contributed by atoms with Crippen LogP contribution in [-0.2, 0) is 11.2 Å². The molecule has 1 saturated heterocycles. The van der Waals surface area contributed by atoms with Crippen LogP contribution in [0.3, 0.4) is 0 Å². The van der Waals surface area contributed by atoms with Gasteiger partial charge in [-0.15, -0.1) is 0 Å². The van der Waals surface area contributed by atoms with E-state index in [0.717, 1.165) is 29.9 Å². The molecule has 1 aromatic heterocycles. The van der Waals surface area contributed by atoms with Gasteiger partial charge in [-0.25, -0.2) is 9.97 Å². The second kappa shape index (κ2) is 10.5. The number of hydrogen-bond donors (Lipinski definition) is 1. The second-order valence-corrected chi connectivity index (χ2v) is 8.44. The van der Waals surface area contributed by atoms with Crippen molar-refractivity contribution in [1.29, 1.82) is 0 Å². The molecule has 0 saturated carbocycles. The summed E-state index contributed by atoms with van der Waals surface area (Å²) in [6, 6.07) is 13.8. The molecule has 0 spiro atoms. The highest BCUT2D eigenvalue weighted by molar-refractivity contribution is 6.32. The van der Waals surface area contributed by atoms with Gasteiger partial charge >= 0.3 is 0 Å². The standard InChI is InChI=1S/C26H27ClN4O2/c1-3-22(32)13-18-12-19(15-23(14-18)33-2)25-24(27)17-28-26(30-25)29-20-8-7-9-21(16-20)31-10-5-4-6-11-31/h3,7-9,12,14-17H,1,4-6,10-11,13H2,2H3,(H,28,29,30). The first-order valence-corrected chi connectivity index (χ1v) is 11.4. The van der Waals surface area contributed by atoms with Gasteiger partial charge in [-0.05, 0) is 67.3 Å². The summed E-state index contributed by atoms with van der Waals surface area (Å²) >= 11 is 6.46. The molecule has 1 aliphatic heterocycles. The van der Waals surface area contributed by atoms with Crippen molar-refractivity contribution < 1.29 is 9.53 Å². The lowest BCUT2D eigenvalue weighted by Crippen LogP contribution is -2.29. The molecule has 2 aromatic carbocycles. The molecule has 3 aromatic rings. The lowest BCUT2D eigenvalue weighted by atomic mass is 10.0. The van der Waals surface area contributed by atoms with Gasteiger partial charge < -0.3 is 15.0 Å². The Morgan fingerprint density at radius 2 is 2.03 bits per heavy atom. The van der Waals surface area contributed by atoms with Crippen LogP contribution in [-0.4, -0.2) is 36.0 Å². The first kappa shape index (κ1) is 22.8.